The first kappa shape index (κ1) is 26.1. The van der Waals surface area contributed by atoms with Gasteiger partial charge in [-0.1, -0.05) is 31.9 Å². The molecule has 0 fully saturated rings. The van der Waals surface area contributed by atoms with E-state index in [0.717, 1.165) is 37.1 Å². The van der Waals surface area contributed by atoms with E-state index in [-0.39, 0.29) is 12.2 Å². The lowest BCUT2D eigenvalue weighted by molar-refractivity contribution is -0.189. The van der Waals surface area contributed by atoms with Crippen molar-refractivity contribution in [3.05, 3.63) is 99.6 Å². The van der Waals surface area contributed by atoms with Crippen LogP contribution in [0.4, 0.5) is 26.3 Å². The molecular weight excluding hydrogens is 468 g/mol. The number of rotatable bonds is 10. The minimum atomic E-state index is -4.24. The van der Waals surface area contributed by atoms with E-state index in [4.69, 9.17) is 5.26 Å². The molecule has 0 unspecified atom stereocenters. The molecule has 3 aromatic carbocycles. The first-order valence-corrected chi connectivity index (χ1v) is 11.2. The Morgan fingerprint density at radius 2 is 1.26 bits per heavy atom. The Hall–Kier alpha value is -3.47. The highest BCUT2D eigenvalue weighted by atomic mass is 19.3. The fourth-order valence-electron chi connectivity index (χ4n) is 3.72. The molecule has 0 aliphatic rings. The number of hydrogen-bond acceptors (Lipinski definition) is 2. The maximum atomic E-state index is 14.6. The first-order chi connectivity index (χ1) is 16.6. The highest BCUT2D eigenvalue weighted by molar-refractivity contribution is 5.36. The van der Waals surface area contributed by atoms with Crippen LogP contribution in [0.15, 0.2) is 48.5 Å². The quantitative estimate of drug-likeness (QED) is 0.215. The predicted octanol–water partition coefficient (Wildman–Crippen LogP) is 7.76. The highest BCUT2D eigenvalue weighted by Gasteiger charge is 2.41. The maximum absolute atomic E-state index is 14.6. The van der Waals surface area contributed by atoms with Gasteiger partial charge in [-0.25, -0.2) is 17.6 Å². The molecule has 184 valence electrons. The summed E-state index contributed by atoms with van der Waals surface area (Å²) >= 11 is 0. The zero-order valence-electron chi connectivity index (χ0n) is 19.0. The molecular formula is C27H23F6NO. The van der Waals surface area contributed by atoms with E-state index < -0.39 is 40.5 Å². The number of nitrogens with zero attached hydrogens (tertiary/aromatic N) is 1. The van der Waals surface area contributed by atoms with Gasteiger partial charge in [0, 0.05) is 0 Å². The summed E-state index contributed by atoms with van der Waals surface area (Å²) in [6.45, 7) is 1.98. The second kappa shape index (κ2) is 11.3. The third-order valence-electron chi connectivity index (χ3n) is 5.55. The number of benzene rings is 3. The summed E-state index contributed by atoms with van der Waals surface area (Å²) in [4.78, 5) is 0. The van der Waals surface area contributed by atoms with E-state index >= 15 is 0 Å². The topological polar surface area (TPSA) is 33.0 Å². The van der Waals surface area contributed by atoms with Crippen LogP contribution in [-0.4, -0.2) is 0 Å². The largest absolute Gasteiger partial charge is 0.432 e. The lowest BCUT2D eigenvalue weighted by Crippen LogP contribution is -2.25. The number of nitriles is 1. The van der Waals surface area contributed by atoms with Gasteiger partial charge in [-0.2, -0.15) is 14.0 Å². The minimum absolute atomic E-state index is 0.233. The lowest BCUT2D eigenvalue weighted by Gasteiger charge is -2.20. The van der Waals surface area contributed by atoms with Crippen molar-refractivity contribution in [1.82, 2.24) is 0 Å². The van der Waals surface area contributed by atoms with Gasteiger partial charge in [-0.15, -0.1) is 0 Å². The third-order valence-corrected chi connectivity index (χ3v) is 5.55. The average Bonchev–Trinajstić information content (AvgIpc) is 2.78. The van der Waals surface area contributed by atoms with Gasteiger partial charge in [-0.05, 0) is 78.8 Å². The van der Waals surface area contributed by atoms with Crippen LogP contribution >= 0.6 is 0 Å². The molecule has 0 heterocycles. The van der Waals surface area contributed by atoms with E-state index in [9.17, 15) is 26.3 Å². The van der Waals surface area contributed by atoms with Crippen LogP contribution in [-0.2, 0) is 25.4 Å². The van der Waals surface area contributed by atoms with Crippen LogP contribution in [0.3, 0.4) is 0 Å². The molecule has 8 heteroatoms. The van der Waals surface area contributed by atoms with E-state index in [0.29, 0.717) is 36.0 Å². The van der Waals surface area contributed by atoms with Gasteiger partial charge in [0.25, 0.3) is 0 Å². The van der Waals surface area contributed by atoms with Crippen LogP contribution < -0.4 is 4.74 Å². The Balaban J connectivity index is 1.67. The zero-order valence-corrected chi connectivity index (χ0v) is 19.0. The summed E-state index contributed by atoms with van der Waals surface area (Å²) in [7, 11) is 0. The van der Waals surface area contributed by atoms with Crippen molar-refractivity contribution in [2.45, 2.75) is 51.6 Å². The van der Waals surface area contributed by atoms with Gasteiger partial charge < -0.3 is 4.74 Å². The lowest BCUT2D eigenvalue weighted by atomic mass is 10.0. The molecule has 0 aliphatic heterocycles. The van der Waals surface area contributed by atoms with Crippen LogP contribution in [0.2, 0.25) is 0 Å². The molecule has 3 aromatic rings. The fraction of sp³-hybridized carbons (Fsp3) is 0.296. The molecule has 0 radical (unpaired) electrons. The van der Waals surface area contributed by atoms with Crippen molar-refractivity contribution in [1.29, 1.82) is 5.26 Å². The number of alkyl halides is 2. The summed E-state index contributed by atoms with van der Waals surface area (Å²) in [5.74, 6) is -4.97. The number of aryl methyl sites for hydroxylation is 3. The van der Waals surface area contributed by atoms with Crippen molar-refractivity contribution in [3.8, 4) is 11.8 Å². The molecule has 35 heavy (non-hydrogen) atoms. The Bertz CT molecular complexity index is 1170. The Labute approximate surface area is 199 Å². The summed E-state index contributed by atoms with van der Waals surface area (Å²) in [5.41, 5.74) is -0.824. The molecule has 0 amide bonds. The van der Waals surface area contributed by atoms with Crippen LogP contribution in [0.1, 0.15) is 54.0 Å². The molecule has 0 saturated heterocycles. The smallest absolute Gasteiger partial charge is 0.429 e. The van der Waals surface area contributed by atoms with E-state index in [1.54, 1.807) is 0 Å². The van der Waals surface area contributed by atoms with Crippen LogP contribution in [0, 0.1) is 34.6 Å². The van der Waals surface area contributed by atoms with Gasteiger partial charge in [-0.3, -0.25) is 0 Å². The molecule has 2 nitrogen and oxygen atoms in total. The fourth-order valence-corrected chi connectivity index (χ4v) is 3.72. The monoisotopic (exact) mass is 491 g/mol. The standard InChI is InChI=1S/C27H23F6NO/c1-2-3-4-5-18-14-24(30)26(25(31)15-18)27(32,33)35-20-10-8-17(9-11-20)6-7-19-12-22(28)21(16-34)23(29)13-19/h8-15H,2-7H2,1H3. The zero-order chi connectivity index (χ0) is 25.6. The maximum Gasteiger partial charge on any atom is 0.432 e. The molecule has 0 spiro atoms. The van der Waals surface area contributed by atoms with Crippen LogP contribution in [0.25, 0.3) is 0 Å². The van der Waals surface area contributed by atoms with Gasteiger partial charge in [0.05, 0.1) is 0 Å². The summed E-state index contributed by atoms with van der Waals surface area (Å²) < 4.78 is 90.1. The van der Waals surface area contributed by atoms with Gasteiger partial charge in [0.1, 0.15) is 46.2 Å². The van der Waals surface area contributed by atoms with Crippen LogP contribution in [0.5, 0.6) is 5.75 Å². The first-order valence-electron chi connectivity index (χ1n) is 11.2. The summed E-state index contributed by atoms with van der Waals surface area (Å²) in [6, 6.07) is 10.8. The SMILES string of the molecule is CCCCCc1cc(F)c(C(F)(F)Oc2ccc(CCc3cc(F)c(C#N)c(F)c3)cc2)c(F)c1. The number of ether oxygens (including phenoxy) is 1. The molecule has 3 rings (SSSR count). The molecule has 0 saturated carbocycles. The number of hydrogen-bond donors (Lipinski definition) is 0. The Kier molecular flexibility index (Phi) is 8.44. The van der Waals surface area contributed by atoms with Gasteiger partial charge in [0.2, 0.25) is 0 Å². The van der Waals surface area contributed by atoms with Crippen molar-refractivity contribution in [2.24, 2.45) is 0 Å². The van der Waals surface area contributed by atoms with Gasteiger partial charge >= 0.3 is 6.11 Å². The molecule has 0 atom stereocenters. The van der Waals surface area contributed by atoms with Crippen molar-refractivity contribution >= 4 is 0 Å². The Morgan fingerprint density at radius 3 is 1.80 bits per heavy atom. The predicted molar refractivity (Wildman–Crippen MR) is 119 cm³/mol. The number of unbranched alkanes of at least 4 members (excludes halogenated alkanes) is 2. The normalized spacial score (nSPS) is 11.4. The second-order valence-corrected chi connectivity index (χ2v) is 8.20. The average molecular weight is 491 g/mol. The summed E-state index contributed by atoms with van der Waals surface area (Å²) in [5, 5.41) is 8.72. The Morgan fingerprint density at radius 1 is 0.743 bits per heavy atom. The minimum Gasteiger partial charge on any atom is -0.429 e. The molecule has 0 aliphatic carbocycles. The highest BCUT2D eigenvalue weighted by Crippen LogP contribution is 2.35. The second-order valence-electron chi connectivity index (χ2n) is 8.20. The van der Waals surface area contributed by atoms with Crippen molar-refractivity contribution in [2.75, 3.05) is 0 Å². The van der Waals surface area contributed by atoms with Gasteiger partial charge in [0.15, 0.2) is 0 Å². The van der Waals surface area contributed by atoms with E-state index in [1.807, 2.05) is 6.92 Å². The molecule has 0 N–H and O–H groups in total. The number of halogens is 6. The molecule has 0 bridgehead atoms. The van der Waals surface area contributed by atoms with Crippen molar-refractivity contribution in [3.63, 3.8) is 0 Å². The van der Waals surface area contributed by atoms with Crippen molar-refractivity contribution < 1.29 is 31.1 Å². The third kappa shape index (κ3) is 6.56. The summed E-state index contributed by atoms with van der Waals surface area (Å²) in [6.07, 6.45) is -0.821. The van der Waals surface area contributed by atoms with E-state index in [2.05, 4.69) is 4.74 Å². The molecule has 0 aromatic heterocycles. The van der Waals surface area contributed by atoms with E-state index in [1.165, 1.54) is 30.3 Å².